The van der Waals surface area contributed by atoms with E-state index < -0.39 is 6.10 Å². The van der Waals surface area contributed by atoms with Gasteiger partial charge in [0.15, 0.2) is 6.10 Å². The van der Waals surface area contributed by atoms with E-state index in [4.69, 9.17) is 14.2 Å². The van der Waals surface area contributed by atoms with Crippen LogP contribution in [0.1, 0.15) is 393 Å². The first-order valence-electron chi connectivity index (χ1n) is 35.5. The second kappa shape index (κ2) is 68.1. The van der Waals surface area contributed by atoms with Gasteiger partial charge in [-0.3, -0.25) is 14.4 Å². The Balaban J connectivity index is 4.24. The molecule has 0 aliphatic heterocycles. The van der Waals surface area contributed by atoms with Gasteiger partial charge < -0.3 is 14.2 Å². The molecule has 0 saturated carbocycles. The van der Waals surface area contributed by atoms with Gasteiger partial charge in [-0.15, -0.1) is 0 Å². The van der Waals surface area contributed by atoms with Crippen molar-refractivity contribution in [1.82, 2.24) is 0 Å². The van der Waals surface area contributed by atoms with Crippen molar-refractivity contribution in [2.45, 2.75) is 399 Å². The lowest BCUT2D eigenvalue weighted by atomic mass is 10.0. The number of carbonyl (C=O) groups excluding carboxylic acids is 3. The van der Waals surface area contributed by atoms with E-state index in [-0.39, 0.29) is 31.1 Å². The normalized spacial score (nSPS) is 12.2. The average molecular weight is 1110 g/mol. The second-order valence-electron chi connectivity index (χ2n) is 24.1. The summed E-state index contributed by atoms with van der Waals surface area (Å²) in [4.78, 5) is 38.4. The van der Waals surface area contributed by atoms with Gasteiger partial charge in [0.05, 0.1) is 0 Å². The number of esters is 3. The number of carbonyl (C=O) groups is 3. The Morgan fingerprint density at radius 3 is 0.734 bits per heavy atom. The Morgan fingerprint density at radius 1 is 0.253 bits per heavy atom. The van der Waals surface area contributed by atoms with Crippen LogP contribution in [-0.4, -0.2) is 37.2 Å². The molecule has 0 N–H and O–H groups in total. The minimum absolute atomic E-state index is 0.0718. The minimum Gasteiger partial charge on any atom is -0.462 e. The molecule has 0 bridgehead atoms. The number of ether oxygens (including phenoxy) is 3. The molecule has 0 aromatic rings. The number of hydrogen-bond donors (Lipinski definition) is 0. The fraction of sp³-hybridized carbons (Fsp3) is 0.877. The van der Waals surface area contributed by atoms with E-state index in [1.54, 1.807) is 0 Å². The predicted molar refractivity (Wildman–Crippen MR) is 344 cm³/mol. The Morgan fingerprint density at radius 2 is 0.456 bits per heavy atom. The van der Waals surface area contributed by atoms with Crippen LogP contribution in [0.25, 0.3) is 0 Å². The zero-order chi connectivity index (χ0) is 57.1. The molecule has 1 unspecified atom stereocenters. The maximum absolute atomic E-state index is 12.9. The quantitative estimate of drug-likeness (QED) is 0.0261. The number of hydrogen-bond acceptors (Lipinski definition) is 6. The lowest BCUT2D eigenvalue weighted by Crippen LogP contribution is -2.30. The zero-order valence-electron chi connectivity index (χ0n) is 53.4. The van der Waals surface area contributed by atoms with Gasteiger partial charge in [0.1, 0.15) is 13.2 Å². The number of rotatable bonds is 66. The topological polar surface area (TPSA) is 78.9 Å². The third-order valence-corrected chi connectivity index (χ3v) is 16.1. The highest BCUT2D eigenvalue weighted by Gasteiger charge is 2.19. The first-order valence-corrected chi connectivity index (χ1v) is 35.5. The molecule has 0 amide bonds. The molecule has 79 heavy (non-hydrogen) atoms. The largest absolute Gasteiger partial charge is 0.462 e. The van der Waals surface area contributed by atoms with E-state index in [1.165, 1.54) is 283 Å². The fourth-order valence-corrected chi connectivity index (χ4v) is 10.8. The summed E-state index contributed by atoms with van der Waals surface area (Å²) < 4.78 is 17.0. The molecule has 0 rings (SSSR count). The van der Waals surface area contributed by atoms with Crippen molar-refractivity contribution in [1.29, 1.82) is 0 Å². The van der Waals surface area contributed by atoms with Crippen LogP contribution in [0.3, 0.4) is 0 Å². The monoisotopic (exact) mass is 1110 g/mol. The third-order valence-electron chi connectivity index (χ3n) is 16.1. The van der Waals surface area contributed by atoms with E-state index >= 15 is 0 Å². The molecule has 0 aliphatic rings. The highest BCUT2D eigenvalue weighted by Crippen LogP contribution is 2.18. The molecule has 464 valence electrons. The summed E-state index contributed by atoms with van der Waals surface area (Å²) in [6.45, 7) is 6.67. The summed E-state index contributed by atoms with van der Waals surface area (Å²) in [5, 5.41) is 0. The molecule has 0 spiro atoms. The molecular weight excluding hydrogens is 973 g/mol. The zero-order valence-corrected chi connectivity index (χ0v) is 53.4. The van der Waals surface area contributed by atoms with Crippen molar-refractivity contribution < 1.29 is 28.6 Å². The molecule has 0 aliphatic carbocycles. The van der Waals surface area contributed by atoms with Gasteiger partial charge >= 0.3 is 17.9 Å². The molecule has 0 saturated heterocycles. The smallest absolute Gasteiger partial charge is 0.306 e. The summed E-state index contributed by atoms with van der Waals surface area (Å²) >= 11 is 0. The van der Waals surface area contributed by atoms with Crippen LogP contribution in [-0.2, 0) is 28.6 Å². The van der Waals surface area contributed by atoms with Gasteiger partial charge in [0, 0.05) is 19.3 Å². The molecular formula is C73H136O6. The Hall–Kier alpha value is -2.37. The van der Waals surface area contributed by atoms with E-state index in [1.807, 2.05) is 0 Å². The van der Waals surface area contributed by atoms with Gasteiger partial charge in [-0.05, 0) is 77.0 Å². The van der Waals surface area contributed by atoms with Crippen LogP contribution in [0.4, 0.5) is 0 Å². The molecule has 0 heterocycles. The first-order chi connectivity index (χ1) is 39.0. The van der Waals surface area contributed by atoms with E-state index in [0.29, 0.717) is 19.3 Å². The lowest BCUT2D eigenvalue weighted by Gasteiger charge is -2.18. The molecule has 1 atom stereocenters. The van der Waals surface area contributed by atoms with E-state index in [9.17, 15) is 14.4 Å². The van der Waals surface area contributed by atoms with Crippen molar-refractivity contribution in [3.63, 3.8) is 0 Å². The summed E-state index contributed by atoms with van der Waals surface area (Å²) in [6.07, 6.45) is 84.6. The highest BCUT2D eigenvalue weighted by atomic mass is 16.6. The predicted octanol–water partition coefficient (Wildman–Crippen LogP) is 24.3. The summed E-state index contributed by atoms with van der Waals surface area (Å²) in [5.41, 5.74) is 0. The van der Waals surface area contributed by atoms with Crippen LogP contribution in [0, 0.1) is 0 Å². The molecule has 0 radical (unpaired) electrons. The lowest BCUT2D eigenvalue weighted by molar-refractivity contribution is -0.167. The van der Waals surface area contributed by atoms with E-state index in [0.717, 1.165) is 70.6 Å². The molecule has 6 heteroatoms. The van der Waals surface area contributed by atoms with Crippen LogP contribution < -0.4 is 0 Å². The average Bonchev–Trinajstić information content (AvgIpc) is 3.45. The van der Waals surface area contributed by atoms with Gasteiger partial charge in [-0.25, -0.2) is 0 Å². The second-order valence-corrected chi connectivity index (χ2v) is 24.1. The first kappa shape index (κ1) is 76.6. The molecule has 6 nitrogen and oxygen atoms in total. The van der Waals surface area contributed by atoms with Gasteiger partial charge in [-0.1, -0.05) is 333 Å². The number of unbranched alkanes of at least 4 members (excludes halogenated alkanes) is 49. The van der Waals surface area contributed by atoms with Crippen LogP contribution in [0.2, 0.25) is 0 Å². The Bertz CT molecular complexity index is 1320. The standard InChI is InChI=1S/C73H136O6/c1-4-7-10-13-16-19-22-25-28-30-32-33-34-35-36-37-38-39-41-42-45-48-51-54-57-60-63-66-72(75)78-69-70(68-77-71(74)65-62-59-56-53-50-47-44-27-24-21-18-15-12-9-6-3)79-73(76)67-64-61-58-55-52-49-46-43-40-31-29-26-23-20-17-14-11-8-5-2/h17,20,26-27,29,44,70H,4-16,18-19,21-25,28,30-43,45-69H2,1-3H3/b20-17-,29-26-,44-27-. The van der Waals surface area contributed by atoms with Gasteiger partial charge in [0.2, 0.25) is 0 Å². The van der Waals surface area contributed by atoms with Crippen molar-refractivity contribution in [2.75, 3.05) is 13.2 Å². The Labute approximate surface area is 493 Å². The van der Waals surface area contributed by atoms with Crippen molar-refractivity contribution in [3.05, 3.63) is 36.5 Å². The van der Waals surface area contributed by atoms with Crippen LogP contribution in [0.15, 0.2) is 36.5 Å². The summed E-state index contributed by atoms with van der Waals surface area (Å²) in [7, 11) is 0. The summed E-state index contributed by atoms with van der Waals surface area (Å²) in [6, 6.07) is 0. The fourth-order valence-electron chi connectivity index (χ4n) is 10.8. The Kier molecular flexibility index (Phi) is 66.1. The van der Waals surface area contributed by atoms with Crippen molar-refractivity contribution in [3.8, 4) is 0 Å². The number of allylic oxidation sites excluding steroid dienone is 6. The maximum atomic E-state index is 12.9. The summed E-state index contributed by atoms with van der Waals surface area (Å²) in [5.74, 6) is -0.857. The molecule has 0 fully saturated rings. The van der Waals surface area contributed by atoms with E-state index in [2.05, 4.69) is 57.2 Å². The van der Waals surface area contributed by atoms with Crippen molar-refractivity contribution >= 4 is 17.9 Å². The molecule has 0 aromatic carbocycles. The van der Waals surface area contributed by atoms with Gasteiger partial charge in [0.25, 0.3) is 0 Å². The van der Waals surface area contributed by atoms with Crippen LogP contribution in [0.5, 0.6) is 0 Å². The van der Waals surface area contributed by atoms with Crippen molar-refractivity contribution in [2.24, 2.45) is 0 Å². The molecule has 0 aromatic heterocycles. The highest BCUT2D eigenvalue weighted by molar-refractivity contribution is 5.71. The SMILES string of the molecule is CCCCC/C=C\C/C=C\CCCCCCCCCCCC(=O)OC(COC(=O)CCCCCCC/C=C\CCCCCCCC)COC(=O)CCCCCCCCCCCCCCCCCCCCCCCCCCCCC. The van der Waals surface area contributed by atoms with Crippen LogP contribution >= 0.6 is 0 Å². The maximum Gasteiger partial charge on any atom is 0.306 e. The van der Waals surface area contributed by atoms with Gasteiger partial charge in [-0.2, -0.15) is 0 Å². The minimum atomic E-state index is -0.777. The third kappa shape index (κ3) is 66.3.